The number of carbonyl (C=O) groups excluding carboxylic acids is 1. The van der Waals surface area contributed by atoms with Gasteiger partial charge in [0, 0.05) is 36.0 Å². The highest BCUT2D eigenvalue weighted by atomic mass is 16.5. The van der Waals surface area contributed by atoms with Gasteiger partial charge in [-0.25, -0.2) is 4.98 Å². The van der Waals surface area contributed by atoms with Crippen molar-refractivity contribution in [1.82, 2.24) is 20.3 Å². The lowest BCUT2D eigenvalue weighted by molar-refractivity contribution is -0.125. The minimum atomic E-state index is -0.0454. The van der Waals surface area contributed by atoms with Crippen molar-refractivity contribution in [3.8, 4) is 17.3 Å². The van der Waals surface area contributed by atoms with Crippen LogP contribution in [0.4, 0.5) is 0 Å². The highest BCUT2D eigenvalue weighted by Crippen LogP contribution is 2.31. The summed E-state index contributed by atoms with van der Waals surface area (Å²) < 4.78 is 5.57. The van der Waals surface area contributed by atoms with Gasteiger partial charge < -0.3 is 10.1 Å². The van der Waals surface area contributed by atoms with Crippen LogP contribution in [0, 0.1) is 5.92 Å². The Labute approximate surface area is 170 Å². The second-order valence-electron chi connectivity index (χ2n) is 7.20. The van der Waals surface area contributed by atoms with Crippen LogP contribution in [0.3, 0.4) is 0 Å². The number of benzene rings is 1. The van der Waals surface area contributed by atoms with Gasteiger partial charge >= 0.3 is 0 Å². The van der Waals surface area contributed by atoms with Gasteiger partial charge in [-0.15, -0.1) is 0 Å². The van der Waals surface area contributed by atoms with Gasteiger partial charge in [0.15, 0.2) is 5.82 Å². The lowest BCUT2D eigenvalue weighted by Gasteiger charge is -2.14. The third-order valence-electron chi connectivity index (χ3n) is 5.34. The van der Waals surface area contributed by atoms with Gasteiger partial charge in [0.1, 0.15) is 0 Å². The number of ether oxygens (including phenoxy) is 1. The van der Waals surface area contributed by atoms with Gasteiger partial charge in [0.2, 0.25) is 11.8 Å². The minimum Gasteiger partial charge on any atom is -0.481 e. The molecule has 148 valence electrons. The summed E-state index contributed by atoms with van der Waals surface area (Å²) in [6.45, 7) is 0.520. The molecule has 1 aliphatic rings. The molecule has 0 saturated heterocycles. The molecule has 6 nitrogen and oxygen atoms in total. The summed E-state index contributed by atoms with van der Waals surface area (Å²) in [7, 11) is 1.64. The van der Waals surface area contributed by atoms with Gasteiger partial charge in [-0.2, -0.15) is 4.98 Å². The smallest absolute Gasteiger partial charge is 0.223 e. The van der Waals surface area contributed by atoms with Crippen molar-refractivity contribution in [1.29, 1.82) is 0 Å². The summed E-state index contributed by atoms with van der Waals surface area (Å²) in [4.78, 5) is 26.2. The molecular formula is C23H24N4O2. The van der Waals surface area contributed by atoms with Crippen LogP contribution in [-0.2, 0) is 24.2 Å². The van der Waals surface area contributed by atoms with Crippen LogP contribution in [0.25, 0.3) is 11.4 Å². The van der Waals surface area contributed by atoms with Gasteiger partial charge in [-0.1, -0.05) is 30.3 Å². The van der Waals surface area contributed by atoms with E-state index in [1.165, 1.54) is 0 Å². The predicted molar refractivity (Wildman–Crippen MR) is 110 cm³/mol. The number of methoxy groups -OCH3 is 1. The van der Waals surface area contributed by atoms with E-state index in [4.69, 9.17) is 9.72 Å². The molecule has 1 aromatic carbocycles. The zero-order valence-electron chi connectivity index (χ0n) is 16.5. The first-order valence-corrected chi connectivity index (χ1v) is 9.90. The lowest BCUT2D eigenvalue weighted by Crippen LogP contribution is -2.30. The molecule has 2 heterocycles. The molecule has 3 aromatic rings. The number of rotatable bonds is 5. The lowest BCUT2D eigenvalue weighted by atomic mass is 9.98. The van der Waals surface area contributed by atoms with E-state index in [1.54, 1.807) is 19.5 Å². The number of hydrogen-bond acceptors (Lipinski definition) is 5. The third-order valence-corrected chi connectivity index (χ3v) is 5.34. The topological polar surface area (TPSA) is 77.0 Å². The number of fused-ring (bicyclic) bond motifs is 1. The van der Waals surface area contributed by atoms with Gasteiger partial charge in [0.25, 0.3) is 0 Å². The Morgan fingerprint density at radius 3 is 2.59 bits per heavy atom. The molecule has 1 N–H and O–H groups in total. The minimum absolute atomic E-state index is 0.0454. The molecule has 4 rings (SSSR count). The van der Waals surface area contributed by atoms with Crippen molar-refractivity contribution in [2.45, 2.75) is 32.2 Å². The number of hydrogen-bond donors (Lipinski definition) is 1. The summed E-state index contributed by atoms with van der Waals surface area (Å²) in [5.74, 6) is 1.33. The van der Waals surface area contributed by atoms with Crippen molar-refractivity contribution in [3.05, 3.63) is 71.7 Å². The van der Waals surface area contributed by atoms with E-state index in [9.17, 15) is 4.79 Å². The summed E-state index contributed by atoms with van der Waals surface area (Å²) in [5, 5.41) is 3.06. The summed E-state index contributed by atoms with van der Waals surface area (Å²) in [6, 6.07) is 13.7. The third kappa shape index (κ3) is 4.42. The molecule has 6 heteroatoms. The van der Waals surface area contributed by atoms with Crippen LogP contribution in [0.15, 0.2) is 54.9 Å². The Morgan fingerprint density at radius 1 is 1.07 bits per heavy atom. The molecule has 0 saturated carbocycles. The number of carbonyl (C=O) groups is 1. The Bertz CT molecular complexity index is 977. The summed E-state index contributed by atoms with van der Waals surface area (Å²) >= 11 is 0. The first-order valence-electron chi connectivity index (χ1n) is 9.90. The van der Waals surface area contributed by atoms with Crippen molar-refractivity contribution in [2.24, 2.45) is 5.92 Å². The van der Waals surface area contributed by atoms with Crippen LogP contribution in [0.2, 0.25) is 0 Å². The van der Waals surface area contributed by atoms with E-state index in [-0.39, 0.29) is 11.8 Å². The van der Waals surface area contributed by atoms with E-state index < -0.39 is 0 Å². The fourth-order valence-corrected chi connectivity index (χ4v) is 3.72. The summed E-state index contributed by atoms with van der Waals surface area (Å²) in [6.07, 6.45) is 6.48. The van der Waals surface area contributed by atoms with E-state index in [0.29, 0.717) is 18.2 Å². The van der Waals surface area contributed by atoms with E-state index >= 15 is 0 Å². The van der Waals surface area contributed by atoms with Crippen LogP contribution >= 0.6 is 0 Å². The second-order valence-corrected chi connectivity index (χ2v) is 7.20. The van der Waals surface area contributed by atoms with Crippen molar-refractivity contribution < 1.29 is 9.53 Å². The normalized spacial score (nSPS) is 15.8. The molecule has 2 aromatic heterocycles. The molecule has 0 spiro atoms. The van der Waals surface area contributed by atoms with Crippen LogP contribution in [0.1, 0.15) is 29.7 Å². The molecular weight excluding hydrogens is 364 g/mol. The van der Waals surface area contributed by atoms with Gasteiger partial charge in [-0.05, 0) is 43.4 Å². The maximum absolute atomic E-state index is 12.7. The molecule has 0 radical (unpaired) electrons. The molecule has 29 heavy (non-hydrogen) atoms. The number of nitrogens with one attached hydrogen (secondary N) is 1. The fourth-order valence-electron chi connectivity index (χ4n) is 3.72. The average molecular weight is 388 g/mol. The Balaban J connectivity index is 1.49. The average Bonchev–Trinajstić information content (AvgIpc) is 3.01. The van der Waals surface area contributed by atoms with Gasteiger partial charge in [-0.3, -0.25) is 9.78 Å². The highest BCUT2D eigenvalue weighted by Gasteiger charge is 2.26. The van der Waals surface area contributed by atoms with Crippen LogP contribution in [-0.4, -0.2) is 28.0 Å². The Hall–Kier alpha value is -3.28. The van der Waals surface area contributed by atoms with E-state index in [0.717, 1.165) is 48.1 Å². The van der Waals surface area contributed by atoms with Gasteiger partial charge in [0.05, 0.1) is 12.8 Å². The first-order chi connectivity index (χ1) is 14.2. The quantitative estimate of drug-likeness (QED) is 0.678. The second kappa shape index (κ2) is 8.82. The predicted octanol–water partition coefficient (Wildman–Crippen LogP) is 3.36. The monoisotopic (exact) mass is 388 g/mol. The number of pyridine rings is 1. The zero-order valence-corrected chi connectivity index (χ0v) is 16.5. The summed E-state index contributed by atoms with van der Waals surface area (Å²) in [5.41, 5.74) is 4.02. The molecule has 0 aliphatic heterocycles. The maximum atomic E-state index is 12.7. The molecule has 1 unspecified atom stereocenters. The van der Waals surface area contributed by atoms with Crippen molar-refractivity contribution in [3.63, 3.8) is 0 Å². The number of aromatic nitrogens is 3. The van der Waals surface area contributed by atoms with Crippen LogP contribution in [0.5, 0.6) is 5.88 Å². The van der Waals surface area contributed by atoms with Crippen molar-refractivity contribution >= 4 is 5.91 Å². The largest absolute Gasteiger partial charge is 0.481 e. The van der Waals surface area contributed by atoms with Crippen LogP contribution < -0.4 is 10.1 Å². The molecule has 0 bridgehead atoms. The first kappa shape index (κ1) is 19.1. The fraction of sp³-hybridized carbons (Fsp3) is 0.304. The number of amides is 1. The SMILES string of the molecule is COc1nc(-c2ccccc2)nc2c1CCC(C(=O)NCc1ccncc1)CC2. The van der Waals surface area contributed by atoms with E-state index in [2.05, 4.69) is 15.3 Å². The number of aryl methyl sites for hydroxylation is 1. The molecule has 1 aliphatic carbocycles. The van der Waals surface area contributed by atoms with Crippen molar-refractivity contribution in [2.75, 3.05) is 7.11 Å². The molecule has 1 atom stereocenters. The maximum Gasteiger partial charge on any atom is 0.223 e. The molecule has 1 amide bonds. The molecule has 0 fully saturated rings. The standard InChI is InChI=1S/C23H24N4O2/c1-29-23-19-9-7-18(22(28)25-15-16-11-13-24-14-12-16)8-10-20(19)26-21(27-23)17-5-3-2-4-6-17/h2-6,11-14,18H,7-10,15H2,1H3,(H,25,28). The van der Waals surface area contributed by atoms with E-state index in [1.807, 2.05) is 42.5 Å². The Kier molecular flexibility index (Phi) is 5.79. The number of nitrogens with zero attached hydrogens (tertiary/aromatic N) is 3. The highest BCUT2D eigenvalue weighted by molar-refractivity contribution is 5.78. The zero-order chi connectivity index (χ0) is 20.1. The Morgan fingerprint density at radius 2 is 1.83 bits per heavy atom.